The summed E-state index contributed by atoms with van der Waals surface area (Å²) in [6.45, 7) is 2.67. The van der Waals surface area contributed by atoms with Gasteiger partial charge in [-0.25, -0.2) is 4.98 Å². The standard InChI is InChI=1S/C15H23ClN2S/c16-9-13-11-19-15(17-13)3-1-2-8-18(14-6-7-14)10-12-4-5-12/h11-12,14H,1-10H2. The Hall–Kier alpha value is -0.120. The number of aromatic nitrogens is 1. The Kier molecular flexibility index (Phi) is 4.78. The summed E-state index contributed by atoms with van der Waals surface area (Å²) in [6.07, 6.45) is 9.55. The second kappa shape index (κ2) is 6.55. The molecule has 1 heterocycles. The first kappa shape index (κ1) is 13.8. The minimum atomic E-state index is 0.549. The zero-order chi connectivity index (χ0) is 13.1. The fourth-order valence-corrected chi connectivity index (χ4v) is 3.68. The number of nitrogens with zero attached hydrogens (tertiary/aromatic N) is 2. The van der Waals surface area contributed by atoms with Gasteiger partial charge >= 0.3 is 0 Å². The van der Waals surface area contributed by atoms with Crippen LogP contribution in [-0.2, 0) is 12.3 Å². The number of rotatable bonds is 9. The second-order valence-electron chi connectivity index (χ2n) is 5.99. The fraction of sp³-hybridized carbons (Fsp3) is 0.800. The minimum absolute atomic E-state index is 0.549. The smallest absolute Gasteiger partial charge is 0.0928 e. The molecule has 0 aromatic carbocycles. The number of halogens is 1. The van der Waals surface area contributed by atoms with Gasteiger partial charge in [0.25, 0.3) is 0 Å². The van der Waals surface area contributed by atoms with Crippen LogP contribution in [0.2, 0.25) is 0 Å². The highest BCUT2D eigenvalue weighted by atomic mass is 35.5. The van der Waals surface area contributed by atoms with E-state index in [1.165, 1.54) is 56.6 Å². The maximum Gasteiger partial charge on any atom is 0.0928 e. The fourth-order valence-electron chi connectivity index (χ4n) is 2.61. The molecule has 0 spiro atoms. The van der Waals surface area contributed by atoms with Crippen LogP contribution in [-0.4, -0.2) is 29.0 Å². The van der Waals surface area contributed by atoms with Crippen LogP contribution in [0.4, 0.5) is 0 Å². The largest absolute Gasteiger partial charge is 0.300 e. The van der Waals surface area contributed by atoms with Crippen molar-refractivity contribution in [2.24, 2.45) is 5.92 Å². The van der Waals surface area contributed by atoms with Gasteiger partial charge in [0.15, 0.2) is 0 Å². The molecule has 2 fully saturated rings. The first-order chi connectivity index (χ1) is 9.35. The van der Waals surface area contributed by atoms with E-state index >= 15 is 0 Å². The first-order valence-electron chi connectivity index (χ1n) is 7.58. The third kappa shape index (κ3) is 4.44. The Labute approximate surface area is 125 Å². The molecule has 0 unspecified atom stereocenters. The lowest BCUT2D eigenvalue weighted by molar-refractivity contribution is 0.247. The molecular formula is C15H23ClN2S. The Morgan fingerprint density at radius 3 is 2.74 bits per heavy atom. The molecule has 0 amide bonds. The monoisotopic (exact) mass is 298 g/mol. The molecule has 2 aliphatic rings. The normalized spacial score (nSPS) is 19.3. The van der Waals surface area contributed by atoms with E-state index in [-0.39, 0.29) is 0 Å². The Balaban J connectivity index is 1.34. The zero-order valence-corrected chi connectivity index (χ0v) is 13.1. The third-order valence-electron chi connectivity index (χ3n) is 4.08. The maximum atomic E-state index is 5.78. The first-order valence-corrected chi connectivity index (χ1v) is 9.00. The molecule has 0 N–H and O–H groups in total. The molecule has 0 atom stereocenters. The summed E-state index contributed by atoms with van der Waals surface area (Å²) in [4.78, 5) is 7.28. The molecule has 2 nitrogen and oxygen atoms in total. The summed E-state index contributed by atoms with van der Waals surface area (Å²) in [7, 11) is 0. The maximum absolute atomic E-state index is 5.78. The lowest BCUT2D eigenvalue weighted by Gasteiger charge is -2.21. The van der Waals surface area contributed by atoms with Crippen molar-refractivity contribution in [2.45, 2.75) is 56.9 Å². The van der Waals surface area contributed by atoms with Gasteiger partial charge in [-0.1, -0.05) is 0 Å². The van der Waals surface area contributed by atoms with Gasteiger partial charge in [-0.15, -0.1) is 22.9 Å². The molecule has 106 valence electrons. The van der Waals surface area contributed by atoms with Gasteiger partial charge in [-0.2, -0.15) is 0 Å². The van der Waals surface area contributed by atoms with Crippen LogP contribution in [0, 0.1) is 5.92 Å². The summed E-state index contributed by atoms with van der Waals surface area (Å²) < 4.78 is 0. The van der Waals surface area contributed by atoms with E-state index < -0.39 is 0 Å². The van der Waals surface area contributed by atoms with Crippen molar-refractivity contribution >= 4 is 22.9 Å². The predicted molar refractivity (Wildman–Crippen MR) is 81.9 cm³/mol. The van der Waals surface area contributed by atoms with E-state index in [0.717, 1.165) is 24.1 Å². The molecular weight excluding hydrogens is 276 g/mol. The van der Waals surface area contributed by atoms with E-state index in [2.05, 4.69) is 15.3 Å². The number of hydrogen-bond donors (Lipinski definition) is 0. The highest BCUT2D eigenvalue weighted by molar-refractivity contribution is 7.09. The third-order valence-corrected chi connectivity index (χ3v) is 5.31. The molecule has 0 bridgehead atoms. The van der Waals surface area contributed by atoms with Crippen molar-refractivity contribution in [2.75, 3.05) is 13.1 Å². The Bertz CT molecular complexity index is 399. The van der Waals surface area contributed by atoms with Crippen molar-refractivity contribution in [1.29, 1.82) is 0 Å². The lowest BCUT2D eigenvalue weighted by atomic mass is 10.2. The summed E-state index contributed by atoms with van der Waals surface area (Å²) in [5, 5.41) is 3.35. The van der Waals surface area contributed by atoms with Crippen molar-refractivity contribution in [1.82, 2.24) is 9.88 Å². The van der Waals surface area contributed by atoms with E-state index in [4.69, 9.17) is 11.6 Å². The summed E-state index contributed by atoms with van der Waals surface area (Å²) in [6, 6.07) is 0.934. The molecule has 2 saturated carbocycles. The molecule has 2 aliphatic carbocycles. The predicted octanol–water partition coefficient (Wildman–Crippen LogP) is 4.08. The summed E-state index contributed by atoms with van der Waals surface area (Å²) >= 11 is 7.54. The molecule has 0 saturated heterocycles. The van der Waals surface area contributed by atoms with Gasteiger partial charge < -0.3 is 4.90 Å². The van der Waals surface area contributed by atoms with Gasteiger partial charge in [0, 0.05) is 18.0 Å². The van der Waals surface area contributed by atoms with Crippen molar-refractivity contribution in [3.63, 3.8) is 0 Å². The van der Waals surface area contributed by atoms with Crippen molar-refractivity contribution in [3.05, 3.63) is 16.1 Å². The van der Waals surface area contributed by atoms with Crippen LogP contribution in [0.3, 0.4) is 0 Å². The zero-order valence-electron chi connectivity index (χ0n) is 11.5. The number of alkyl halides is 1. The van der Waals surface area contributed by atoms with Crippen LogP contribution in [0.15, 0.2) is 5.38 Å². The van der Waals surface area contributed by atoms with Gasteiger partial charge in [0.05, 0.1) is 16.6 Å². The number of unbranched alkanes of at least 4 members (excludes halogenated alkanes) is 1. The number of hydrogen-bond acceptors (Lipinski definition) is 3. The lowest BCUT2D eigenvalue weighted by Crippen LogP contribution is -2.29. The average molecular weight is 299 g/mol. The van der Waals surface area contributed by atoms with E-state index in [9.17, 15) is 0 Å². The topological polar surface area (TPSA) is 16.1 Å². The van der Waals surface area contributed by atoms with Gasteiger partial charge in [0.2, 0.25) is 0 Å². The highest BCUT2D eigenvalue weighted by Crippen LogP contribution is 2.34. The minimum Gasteiger partial charge on any atom is -0.300 e. The Morgan fingerprint density at radius 2 is 2.11 bits per heavy atom. The van der Waals surface area contributed by atoms with Gasteiger partial charge in [-0.3, -0.25) is 0 Å². The van der Waals surface area contributed by atoms with Crippen molar-refractivity contribution < 1.29 is 0 Å². The second-order valence-corrected chi connectivity index (χ2v) is 7.20. The van der Waals surface area contributed by atoms with Crippen LogP contribution >= 0.6 is 22.9 Å². The van der Waals surface area contributed by atoms with Crippen LogP contribution in [0.1, 0.15) is 49.2 Å². The summed E-state index contributed by atoms with van der Waals surface area (Å²) in [5.74, 6) is 1.58. The molecule has 0 radical (unpaired) electrons. The quantitative estimate of drug-likeness (QED) is 0.504. The van der Waals surface area contributed by atoms with E-state index in [0.29, 0.717) is 5.88 Å². The molecule has 3 rings (SSSR count). The molecule has 1 aromatic heterocycles. The number of aryl methyl sites for hydroxylation is 1. The SMILES string of the molecule is ClCc1csc(CCCCN(CC2CC2)C2CC2)n1. The van der Waals surface area contributed by atoms with Gasteiger partial charge in [0.1, 0.15) is 0 Å². The molecule has 4 heteroatoms. The Morgan fingerprint density at radius 1 is 1.26 bits per heavy atom. The van der Waals surface area contributed by atoms with Crippen LogP contribution in [0.25, 0.3) is 0 Å². The molecule has 19 heavy (non-hydrogen) atoms. The molecule has 0 aliphatic heterocycles. The van der Waals surface area contributed by atoms with Crippen LogP contribution < -0.4 is 0 Å². The van der Waals surface area contributed by atoms with E-state index in [1.54, 1.807) is 11.3 Å². The summed E-state index contributed by atoms with van der Waals surface area (Å²) in [5.41, 5.74) is 1.04. The highest BCUT2D eigenvalue weighted by Gasteiger charge is 2.32. The van der Waals surface area contributed by atoms with Crippen molar-refractivity contribution in [3.8, 4) is 0 Å². The van der Waals surface area contributed by atoms with Crippen LogP contribution in [0.5, 0.6) is 0 Å². The van der Waals surface area contributed by atoms with E-state index in [1.807, 2.05) is 0 Å². The number of thiazole rings is 1. The average Bonchev–Trinajstić information content (AvgIpc) is 3.32. The molecule has 1 aromatic rings. The van der Waals surface area contributed by atoms with Gasteiger partial charge in [-0.05, 0) is 57.4 Å².